The van der Waals surface area contributed by atoms with Crippen LogP contribution in [-0.4, -0.2) is 29.8 Å². The third-order valence-electron chi connectivity index (χ3n) is 7.79. The van der Waals surface area contributed by atoms with Crippen molar-refractivity contribution in [3.8, 4) is 11.1 Å². The minimum atomic E-state index is -0.208. The summed E-state index contributed by atoms with van der Waals surface area (Å²) in [7, 11) is 0. The maximum atomic E-state index is 13.5. The highest BCUT2D eigenvalue weighted by molar-refractivity contribution is 6.26. The van der Waals surface area contributed by atoms with Crippen LogP contribution in [0, 0.1) is 0 Å². The molecule has 1 aliphatic rings. The van der Waals surface area contributed by atoms with Gasteiger partial charge in [-0.05, 0) is 84.4 Å². The number of carbonyl (C=O) groups excluding carboxylic acids is 2. The molecule has 0 aromatic heterocycles. The molecule has 1 aliphatic heterocycles. The van der Waals surface area contributed by atoms with Gasteiger partial charge in [0.25, 0.3) is 11.8 Å². The molecule has 0 saturated heterocycles. The Morgan fingerprint density at radius 2 is 1.10 bits per heavy atom. The molecular weight excluding hydrogens is 506 g/mol. The summed E-state index contributed by atoms with van der Waals surface area (Å²) < 4.78 is 0. The third kappa shape index (κ3) is 5.12. The number of rotatable bonds is 10. The summed E-state index contributed by atoms with van der Waals surface area (Å²) in [5, 5.41) is 1.67. The van der Waals surface area contributed by atoms with Crippen molar-refractivity contribution >= 4 is 39.6 Å². The second-order valence-electron chi connectivity index (χ2n) is 10.4. The van der Waals surface area contributed by atoms with Crippen LogP contribution in [-0.2, 0) is 0 Å². The molecule has 0 spiro atoms. The lowest BCUT2D eigenvalue weighted by atomic mass is 9.89. The summed E-state index contributed by atoms with van der Waals surface area (Å²) in [6.45, 7) is 1.10. The molecule has 0 radical (unpaired) electrons. The van der Waals surface area contributed by atoms with E-state index in [4.69, 9.17) is 5.73 Å². The van der Waals surface area contributed by atoms with Crippen molar-refractivity contribution in [1.29, 1.82) is 0 Å². The van der Waals surface area contributed by atoms with Gasteiger partial charge in [-0.1, -0.05) is 79.6 Å². The molecule has 0 atom stereocenters. The second-order valence-corrected chi connectivity index (χ2v) is 10.4. The molecule has 6 rings (SSSR count). The van der Waals surface area contributed by atoms with E-state index in [0.29, 0.717) is 24.2 Å². The Morgan fingerprint density at radius 3 is 1.73 bits per heavy atom. The third-order valence-corrected chi connectivity index (χ3v) is 7.79. The maximum Gasteiger partial charge on any atom is 0.261 e. The van der Waals surface area contributed by atoms with Gasteiger partial charge < -0.3 is 10.6 Å². The highest BCUT2D eigenvalue weighted by atomic mass is 16.2. The van der Waals surface area contributed by atoms with E-state index in [0.717, 1.165) is 64.6 Å². The predicted molar refractivity (Wildman–Crippen MR) is 167 cm³/mol. The maximum absolute atomic E-state index is 13.5. The first kappa shape index (κ1) is 26.5. The van der Waals surface area contributed by atoms with Crippen LogP contribution in [0.25, 0.3) is 21.9 Å². The topological polar surface area (TPSA) is 66.6 Å². The van der Waals surface area contributed by atoms with Gasteiger partial charge in [-0.15, -0.1) is 0 Å². The average molecular weight is 540 g/mol. The SMILES string of the molecule is NCCCCCCN1C(=O)c2cccc3c(-c4ccc(N(c5ccccc5)c5ccccc5)cc4)ccc(c23)C1=O. The lowest BCUT2D eigenvalue weighted by Gasteiger charge is -2.28. The Labute approximate surface area is 240 Å². The Hall–Kier alpha value is -4.74. The van der Waals surface area contributed by atoms with Crippen LogP contribution in [0.1, 0.15) is 46.4 Å². The zero-order chi connectivity index (χ0) is 28.2. The van der Waals surface area contributed by atoms with E-state index in [1.54, 1.807) is 0 Å². The zero-order valence-electron chi connectivity index (χ0n) is 23.0. The quantitative estimate of drug-likeness (QED) is 0.144. The molecule has 5 aromatic carbocycles. The highest BCUT2D eigenvalue weighted by Crippen LogP contribution is 2.39. The van der Waals surface area contributed by atoms with E-state index in [2.05, 4.69) is 53.4 Å². The standard InChI is InChI=1S/C36H33N3O2/c37-24-9-1-2-10-25-38-35(40)32-17-11-16-31-30(22-23-33(34(31)32)36(38)41)26-18-20-29(21-19-26)39(27-12-5-3-6-13-27)28-14-7-4-8-15-28/h3-8,11-23H,1-2,9-10,24-25,37H2. The molecule has 5 aromatic rings. The predicted octanol–water partition coefficient (Wildman–Crippen LogP) is 8.09. The number of benzene rings is 5. The Kier molecular flexibility index (Phi) is 7.61. The number of hydrogen-bond donors (Lipinski definition) is 1. The monoisotopic (exact) mass is 539 g/mol. The number of unbranched alkanes of at least 4 members (excludes halogenated alkanes) is 3. The summed E-state index contributed by atoms with van der Waals surface area (Å²) in [6.07, 6.45) is 3.71. The highest BCUT2D eigenvalue weighted by Gasteiger charge is 2.33. The van der Waals surface area contributed by atoms with Gasteiger partial charge in [-0.3, -0.25) is 14.5 Å². The van der Waals surface area contributed by atoms with Crippen molar-refractivity contribution in [2.24, 2.45) is 5.73 Å². The van der Waals surface area contributed by atoms with Crippen LogP contribution < -0.4 is 10.6 Å². The van der Waals surface area contributed by atoms with Gasteiger partial charge in [-0.25, -0.2) is 0 Å². The van der Waals surface area contributed by atoms with Crippen LogP contribution in [0.5, 0.6) is 0 Å². The zero-order valence-corrected chi connectivity index (χ0v) is 23.0. The van der Waals surface area contributed by atoms with Crippen molar-refractivity contribution in [3.05, 3.63) is 126 Å². The molecule has 41 heavy (non-hydrogen) atoms. The minimum absolute atomic E-state index is 0.208. The lowest BCUT2D eigenvalue weighted by Crippen LogP contribution is -2.40. The van der Waals surface area contributed by atoms with E-state index in [1.165, 1.54) is 4.90 Å². The Morgan fingerprint density at radius 1 is 0.537 bits per heavy atom. The molecule has 0 fully saturated rings. The van der Waals surface area contributed by atoms with Crippen LogP contribution >= 0.6 is 0 Å². The molecule has 0 bridgehead atoms. The molecular formula is C36H33N3O2. The summed E-state index contributed by atoms with van der Waals surface area (Å²) in [5.74, 6) is -0.415. The van der Waals surface area contributed by atoms with Gasteiger partial charge in [0.05, 0.1) is 0 Å². The van der Waals surface area contributed by atoms with Gasteiger partial charge in [-0.2, -0.15) is 0 Å². The average Bonchev–Trinajstić information content (AvgIpc) is 3.02. The molecule has 2 N–H and O–H groups in total. The van der Waals surface area contributed by atoms with Crippen LogP contribution in [0.2, 0.25) is 0 Å². The van der Waals surface area contributed by atoms with Crippen molar-refractivity contribution in [2.75, 3.05) is 18.0 Å². The van der Waals surface area contributed by atoms with Gasteiger partial charge in [0.1, 0.15) is 0 Å². The van der Waals surface area contributed by atoms with Crippen molar-refractivity contribution < 1.29 is 9.59 Å². The van der Waals surface area contributed by atoms with Crippen LogP contribution in [0.3, 0.4) is 0 Å². The number of carbonyl (C=O) groups is 2. The molecule has 204 valence electrons. The molecule has 5 heteroatoms. The molecule has 0 unspecified atom stereocenters. The number of nitrogens with two attached hydrogens (primary N) is 1. The fourth-order valence-electron chi connectivity index (χ4n) is 5.76. The molecule has 1 heterocycles. The molecule has 5 nitrogen and oxygen atoms in total. The first-order valence-electron chi connectivity index (χ1n) is 14.3. The van der Waals surface area contributed by atoms with Gasteiger partial charge in [0.2, 0.25) is 0 Å². The number of nitrogens with zero attached hydrogens (tertiary/aromatic N) is 2. The summed E-state index contributed by atoms with van der Waals surface area (Å²) in [4.78, 5) is 30.5. The Balaban J connectivity index is 1.34. The lowest BCUT2D eigenvalue weighted by molar-refractivity contribution is 0.0607. The van der Waals surface area contributed by atoms with E-state index in [1.807, 2.05) is 66.7 Å². The van der Waals surface area contributed by atoms with Crippen LogP contribution in [0.4, 0.5) is 17.1 Å². The fraction of sp³-hybridized carbons (Fsp3) is 0.167. The number of imide groups is 1. The van der Waals surface area contributed by atoms with E-state index >= 15 is 0 Å². The summed E-state index contributed by atoms with van der Waals surface area (Å²) in [5.41, 5.74) is 12.0. The molecule has 0 saturated carbocycles. The normalized spacial score (nSPS) is 12.7. The Bertz CT molecular complexity index is 1620. The van der Waals surface area contributed by atoms with Crippen molar-refractivity contribution in [2.45, 2.75) is 25.7 Å². The summed E-state index contributed by atoms with van der Waals surface area (Å²) in [6, 6.07) is 38.7. The van der Waals surface area contributed by atoms with Gasteiger partial charge in [0.15, 0.2) is 0 Å². The molecule has 2 amide bonds. The largest absolute Gasteiger partial charge is 0.330 e. The second kappa shape index (κ2) is 11.8. The fourth-order valence-corrected chi connectivity index (χ4v) is 5.76. The number of para-hydroxylation sites is 2. The minimum Gasteiger partial charge on any atom is -0.330 e. The van der Waals surface area contributed by atoms with Crippen molar-refractivity contribution in [1.82, 2.24) is 4.90 Å². The van der Waals surface area contributed by atoms with E-state index < -0.39 is 0 Å². The van der Waals surface area contributed by atoms with E-state index in [9.17, 15) is 9.59 Å². The number of anilines is 3. The first-order valence-corrected chi connectivity index (χ1v) is 14.3. The summed E-state index contributed by atoms with van der Waals surface area (Å²) >= 11 is 0. The van der Waals surface area contributed by atoms with Gasteiger partial charge >= 0.3 is 0 Å². The van der Waals surface area contributed by atoms with Crippen LogP contribution in [0.15, 0.2) is 115 Å². The molecule has 0 aliphatic carbocycles. The number of hydrogen-bond acceptors (Lipinski definition) is 4. The number of amides is 2. The van der Waals surface area contributed by atoms with E-state index in [-0.39, 0.29) is 11.8 Å². The van der Waals surface area contributed by atoms with Gasteiger partial charge in [0, 0.05) is 40.1 Å². The first-order chi connectivity index (χ1) is 20.2. The van der Waals surface area contributed by atoms with Crippen molar-refractivity contribution in [3.63, 3.8) is 0 Å². The smallest absolute Gasteiger partial charge is 0.261 e.